The molecule has 1 atom stereocenters. The molecule has 2 rings (SSSR count). The first kappa shape index (κ1) is 21.3. The van der Waals surface area contributed by atoms with Gasteiger partial charge in [0.15, 0.2) is 0 Å². The second-order valence-corrected chi connectivity index (χ2v) is 8.50. The molecule has 0 aromatic heterocycles. The van der Waals surface area contributed by atoms with E-state index in [0.717, 1.165) is 12.8 Å². The highest BCUT2D eigenvalue weighted by molar-refractivity contribution is 5.74. The molecule has 0 saturated carbocycles. The van der Waals surface area contributed by atoms with E-state index < -0.39 is 6.10 Å². The van der Waals surface area contributed by atoms with Crippen LogP contribution < -0.4 is 25.4 Å². The molecule has 152 valence electrons. The third-order valence-corrected chi connectivity index (χ3v) is 4.51. The van der Waals surface area contributed by atoms with Crippen LogP contribution in [0.25, 0.3) is 0 Å². The molecule has 0 unspecified atom stereocenters. The molecule has 1 fully saturated rings. The number of piperidine rings is 1. The molecule has 27 heavy (non-hydrogen) atoms. The molecule has 0 spiro atoms. The van der Waals surface area contributed by atoms with Gasteiger partial charge in [-0.05, 0) is 52.7 Å². The molecule has 0 radical (unpaired) electrons. The monoisotopic (exact) mass is 379 g/mol. The molecule has 1 aromatic carbocycles. The molecule has 0 aliphatic carbocycles. The number of carbonyl (C=O) groups is 1. The fourth-order valence-electron chi connectivity index (χ4n) is 3.81. The minimum absolute atomic E-state index is 0.0379. The summed E-state index contributed by atoms with van der Waals surface area (Å²) in [5.74, 6) is 1.30. The zero-order valence-electron chi connectivity index (χ0n) is 17.0. The van der Waals surface area contributed by atoms with Crippen molar-refractivity contribution in [1.29, 1.82) is 0 Å². The van der Waals surface area contributed by atoms with Crippen LogP contribution in [-0.4, -0.2) is 54.6 Å². The van der Waals surface area contributed by atoms with Crippen molar-refractivity contribution >= 4 is 6.03 Å². The maximum absolute atomic E-state index is 12.2. The van der Waals surface area contributed by atoms with E-state index in [1.54, 1.807) is 19.2 Å². The normalized spacial score (nSPS) is 19.8. The fraction of sp³-hybridized carbons (Fsp3) is 0.650. The summed E-state index contributed by atoms with van der Waals surface area (Å²) in [5.41, 5.74) is -0.0758. The van der Waals surface area contributed by atoms with Gasteiger partial charge < -0.3 is 30.5 Å². The minimum atomic E-state index is -0.803. The summed E-state index contributed by atoms with van der Waals surface area (Å²) >= 11 is 0. The Morgan fingerprint density at radius 3 is 2.52 bits per heavy atom. The van der Waals surface area contributed by atoms with Crippen LogP contribution in [0.15, 0.2) is 24.3 Å². The highest BCUT2D eigenvalue weighted by Crippen LogP contribution is 2.28. The number of hydrogen-bond donors (Lipinski definition) is 4. The van der Waals surface area contributed by atoms with E-state index >= 15 is 0 Å². The first-order chi connectivity index (χ1) is 12.6. The number of aliphatic hydroxyl groups excluding tert-OH is 1. The second-order valence-electron chi connectivity index (χ2n) is 8.50. The predicted octanol–water partition coefficient (Wildman–Crippen LogP) is 2.04. The second kappa shape index (κ2) is 8.80. The first-order valence-corrected chi connectivity index (χ1v) is 9.37. The van der Waals surface area contributed by atoms with Crippen LogP contribution in [0.3, 0.4) is 0 Å². The maximum atomic E-state index is 12.2. The Bertz CT molecular complexity index is 617. The lowest BCUT2D eigenvalue weighted by Gasteiger charge is -2.46. The van der Waals surface area contributed by atoms with E-state index in [-0.39, 0.29) is 36.3 Å². The highest BCUT2D eigenvalue weighted by Gasteiger charge is 2.38. The van der Waals surface area contributed by atoms with E-state index in [1.807, 2.05) is 12.1 Å². The Labute approximate surface area is 161 Å². The molecule has 0 bridgehead atoms. The van der Waals surface area contributed by atoms with Crippen molar-refractivity contribution in [2.45, 2.75) is 63.8 Å². The Morgan fingerprint density at radius 2 is 1.89 bits per heavy atom. The Balaban J connectivity index is 1.73. The van der Waals surface area contributed by atoms with Gasteiger partial charge in [-0.15, -0.1) is 0 Å². The highest BCUT2D eigenvalue weighted by atomic mass is 16.5. The summed E-state index contributed by atoms with van der Waals surface area (Å²) in [7, 11) is 1.58. The number of hydrogen-bond acceptors (Lipinski definition) is 5. The van der Waals surface area contributed by atoms with E-state index in [9.17, 15) is 9.90 Å². The van der Waals surface area contributed by atoms with Crippen molar-refractivity contribution in [2.24, 2.45) is 0 Å². The molecule has 7 nitrogen and oxygen atoms in total. The van der Waals surface area contributed by atoms with Crippen LogP contribution >= 0.6 is 0 Å². The average Bonchev–Trinajstić information content (AvgIpc) is 2.55. The molecular weight excluding hydrogens is 346 g/mol. The zero-order chi connectivity index (χ0) is 20.1. The van der Waals surface area contributed by atoms with Crippen LogP contribution in [-0.2, 0) is 0 Å². The van der Waals surface area contributed by atoms with E-state index in [0.29, 0.717) is 11.5 Å². The Morgan fingerprint density at radius 1 is 1.26 bits per heavy atom. The van der Waals surface area contributed by atoms with Crippen molar-refractivity contribution in [3.8, 4) is 11.5 Å². The van der Waals surface area contributed by atoms with Crippen LogP contribution in [0.2, 0.25) is 0 Å². The maximum Gasteiger partial charge on any atom is 0.315 e. The SMILES string of the molecule is COc1cccc(OC[C@H](O)CNC(=O)NC2CC(C)(C)NC(C)(C)C2)c1. The van der Waals surface area contributed by atoms with Gasteiger partial charge in [0.05, 0.1) is 7.11 Å². The summed E-state index contributed by atoms with van der Waals surface area (Å²) in [6.45, 7) is 8.76. The third kappa shape index (κ3) is 7.27. The molecule has 1 saturated heterocycles. The van der Waals surface area contributed by atoms with Crippen molar-refractivity contribution in [3.05, 3.63) is 24.3 Å². The lowest BCUT2D eigenvalue weighted by molar-refractivity contribution is 0.106. The summed E-state index contributed by atoms with van der Waals surface area (Å²) < 4.78 is 10.7. The molecular formula is C20H33N3O4. The van der Waals surface area contributed by atoms with Crippen LogP contribution in [0, 0.1) is 0 Å². The molecule has 4 N–H and O–H groups in total. The van der Waals surface area contributed by atoms with Gasteiger partial charge in [0.25, 0.3) is 0 Å². The van der Waals surface area contributed by atoms with Crippen LogP contribution in [0.1, 0.15) is 40.5 Å². The van der Waals surface area contributed by atoms with Crippen molar-refractivity contribution < 1.29 is 19.4 Å². The quantitative estimate of drug-likeness (QED) is 0.582. The number of amides is 2. The number of rotatable bonds is 7. The van der Waals surface area contributed by atoms with Gasteiger partial charge in [0, 0.05) is 29.7 Å². The summed E-state index contributed by atoms with van der Waals surface area (Å²) in [4.78, 5) is 12.2. The molecule has 7 heteroatoms. The van der Waals surface area contributed by atoms with Gasteiger partial charge in [0.2, 0.25) is 0 Å². The number of nitrogens with one attached hydrogen (secondary N) is 3. The van der Waals surface area contributed by atoms with Gasteiger partial charge in [-0.3, -0.25) is 0 Å². The molecule has 1 heterocycles. The Hall–Kier alpha value is -1.99. The molecule has 1 aliphatic heterocycles. The minimum Gasteiger partial charge on any atom is -0.497 e. The summed E-state index contributed by atoms with van der Waals surface area (Å²) in [5, 5.41) is 19.4. The molecule has 2 amide bonds. The summed E-state index contributed by atoms with van der Waals surface area (Å²) in [6.07, 6.45) is 0.902. The first-order valence-electron chi connectivity index (χ1n) is 9.37. The van der Waals surface area contributed by atoms with Crippen LogP contribution in [0.4, 0.5) is 4.79 Å². The number of methoxy groups -OCH3 is 1. The number of aliphatic hydroxyl groups is 1. The number of urea groups is 1. The number of carbonyl (C=O) groups excluding carboxylic acids is 1. The lowest BCUT2D eigenvalue weighted by Crippen LogP contribution is -2.62. The standard InChI is InChI=1S/C20H33N3O4/c1-19(2)10-14(11-20(3,4)23-19)22-18(25)21-12-15(24)13-27-17-8-6-7-16(9-17)26-5/h6-9,14-15,23-24H,10-13H2,1-5H3,(H2,21,22,25)/t15-/m1/s1. The number of ether oxygens (including phenoxy) is 2. The average molecular weight is 380 g/mol. The Kier molecular flexibility index (Phi) is 6.95. The fourth-order valence-corrected chi connectivity index (χ4v) is 3.81. The van der Waals surface area contributed by atoms with Crippen molar-refractivity contribution in [3.63, 3.8) is 0 Å². The van der Waals surface area contributed by atoms with Crippen molar-refractivity contribution in [1.82, 2.24) is 16.0 Å². The third-order valence-electron chi connectivity index (χ3n) is 4.51. The molecule has 1 aliphatic rings. The topological polar surface area (TPSA) is 91.8 Å². The summed E-state index contributed by atoms with van der Waals surface area (Å²) in [6, 6.07) is 6.98. The van der Waals surface area contributed by atoms with E-state index in [4.69, 9.17) is 9.47 Å². The van der Waals surface area contributed by atoms with Crippen LogP contribution in [0.5, 0.6) is 11.5 Å². The van der Waals surface area contributed by atoms with E-state index in [2.05, 4.69) is 43.6 Å². The number of benzene rings is 1. The smallest absolute Gasteiger partial charge is 0.315 e. The lowest BCUT2D eigenvalue weighted by atomic mass is 9.80. The van der Waals surface area contributed by atoms with Gasteiger partial charge in [-0.2, -0.15) is 0 Å². The predicted molar refractivity (Wildman–Crippen MR) is 105 cm³/mol. The van der Waals surface area contributed by atoms with E-state index in [1.165, 1.54) is 0 Å². The zero-order valence-corrected chi connectivity index (χ0v) is 17.0. The van der Waals surface area contributed by atoms with Gasteiger partial charge in [0.1, 0.15) is 24.2 Å². The van der Waals surface area contributed by atoms with Gasteiger partial charge >= 0.3 is 6.03 Å². The van der Waals surface area contributed by atoms with Gasteiger partial charge in [-0.1, -0.05) is 6.07 Å². The molecule has 1 aromatic rings. The van der Waals surface area contributed by atoms with Crippen molar-refractivity contribution in [2.75, 3.05) is 20.3 Å². The largest absolute Gasteiger partial charge is 0.497 e. The van der Waals surface area contributed by atoms with Gasteiger partial charge in [-0.25, -0.2) is 4.79 Å².